The molecule has 2 heterocycles. The van der Waals surface area contributed by atoms with E-state index >= 15 is 0 Å². The van der Waals surface area contributed by atoms with Gasteiger partial charge >= 0.3 is 0 Å². The van der Waals surface area contributed by atoms with Crippen LogP contribution in [0.2, 0.25) is 5.02 Å². The molecule has 1 amide bonds. The van der Waals surface area contributed by atoms with Crippen molar-refractivity contribution < 1.29 is 4.79 Å². The Bertz CT molecular complexity index is 826. The highest BCUT2D eigenvalue weighted by Gasteiger charge is 2.41. The summed E-state index contributed by atoms with van der Waals surface area (Å²) in [6, 6.07) is 15.8. The van der Waals surface area contributed by atoms with E-state index in [-0.39, 0.29) is 5.91 Å². The standard InChI is InChI=1S/C20H20ClN3O/c21-15-6-7-17-16(13-15)18(12-14-4-2-1-3-5-14)24-20(19(25)23-17)8-10-22-11-9-20/h1-7,13,22H,8-12H2,(H,23,25). The maximum Gasteiger partial charge on any atom is 0.252 e. The number of halogens is 1. The van der Waals surface area contributed by atoms with Crippen LogP contribution in [0.5, 0.6) is 0 Å². The number of benzene rings is 2. The number of amides is 1. The minimum Gasteiger partial charge on any atom is -0.323 e. The van der Waals surface area contributed by atoms with E-state index in [1.807, 2.05) is 30.3 Å². The molecule has 0 saturated carbocycles. The van der Waals surface area contributed by atoms with E-state index in [2.05, 4.69) is 22.8 Å². The summed E-state index contributed by atoms with van der Waals surface area (Å²) in [5.74, 6) is -0.0133. The second-order valence-electron chi connectivity index (χ2n) is 6.65. The van der Waals surface area contributed by atoms with Crippen LogP contribution in [-0.2, 0) is 11.2 Å². The van der Waals surface area contributed by atoms with Gasteiger partial charge in [0.05, 0.1) is 0 Å². The number of aliphatic imine (C=N–C) groups is 1. The Labute approximate surface area is 152 Å². The monoisotopic (exact) mass is 353 g/mol. The summed E-state index contributed by atoms with van der Waals surface area (Å²) in [5, 5.41) is 7.06. The van der Waals surface area contributed by atoms with Crippen LogP contribution in [0.25, 0.3) is 0 Å². The zero-order chi connectivity index (χ0) is 17.3. The Hall–Kier alpha value is -2.17. The molecule has 1 saturated heterocycles. The summed E-state index contributed by atoms with van der Waals surface area (Å²) in [5.41, 5.74) is 3.11. The molecule has 1 fully saturated rings. The highest BCUT2D eigenvalue weighted by atomic mass is 35.5. The summed E-state index contributed by atoms with van der Waals surface area (Å²) in [6.45, 7) is 1.60. The van der Waals surface area contributed by atoms with Crippen LogP contribution in [0.4, 0.5) is 5.69 Å². The molecule has 2 aromatic rings. The largest absolute Gasteiger partial charge is 0.323 e. The summed E-state index contributed by atoms with van der Waals surface area (Å²) in [4.78, 5) is 18.0. The minimum atomic E-state index is -0.694. The van der Waals surface area contributed by atoms with E-state index in [1.54, 1.807) is 6.07 Å². The summed E-state index contributed by atoms with van der Waals surface area (Å²) in [6.07, 6.45) is 2.09. The molecule has 2 aliphatic rings. The lowest BCUT2D eigenvalue weighted by Gasteiger charge is -2.32. The molecular formula is C20H20ClN3O. The fourth-order valence-corrected chi connectivity index (χ4v) is 3.75. The predicted octanol–water partition coefficient (Wildman–Crippen LogP) is 3.45. The Balaban J connectivity index is 1.83. The Kier molecular flexibility index (Phi) is 4.32. The van der Waals surface area contributed by atoms with Gasteiger partial charge in [0, 0.05) is 28.4 Å². The van der Waals surface area contributed by atoms with Crippen LogP contribution in [-0.4, -0.2) is 30.2 Å². The fourth-order valence-electron chi connectivity index (χ4n) is 3.58. The van der Waals surface area contributed by atoms with E-state index < -0.39 is 5.54 Å². The number of nitrogens with one attached hydrogen (secondary N) is 2. The molecule has 2 N–H and O–H groups in total. The zero-order valence-electron chi connectivity index (χ0n) is 13.9. The van der Waals surface area contributed by atoms with Crippen molar-refractivity contribution in [1.29, 1.82) is 0 Å². The molecule has 25 heavy (non-hydrogen) atoms. The van der Waals surface area contributed by atoms with Crippen molar-refractivity contribution in [3.8, 4) is 0 Å². The van der Waals surface area contributed by atoms with Crippen molar-refractivity contribution in [3.63, 3.8) is 0 Å². The van der Waals surface area contributed by atoms with Crippen molar-refractivity contribution in [2.24, 2.45) is 4.99 Å². The van der Waals surface area contributed by atoms with Gasteiger partial charge in [-0.1, -0.05) is 41.9 Å². The molecule has 128 valence electrons. The van der Waals surface area contributed by atoms with Crippen LogP contribution >= 0.6 is 11.6 Å². The first-order chi connectivity index (χ1) is 12.2. The SMILES string of the molecule is O=C1Nc2ccc(Cl)cc2C(Cc2ccccc2)=NC12CCNCC2. The molecule has 1 spiro atoms. The number of hydrogen-bond acceptors (Lipinski definition) is 3. The molecule has 2 aliphatic heterocycles. The Morgan fingerprint density at radius 3 is 2.60 bits per heavy atom. The topological polar surface area (TPSA) is 53.5 Å². The highest BCUT2D eigenvalue weighted by molar-refractivity contribution is 6.31. The third kappa shape index (κ3) is 3.20. The number of hydrogen-bond donors (Lipinski definition) is 2. The maximum absolute atomic E-state index is 13.0. The van der Waals surface area contributed by atoms with Gasteiger partial charge in [0.2, 0.25) is 0 Å². The van der Waals surface area contributed by atoms with Gasteiger partial charge in [-0.3, -0.25) is 9.79 Å². The second-order valence-corrected chi connectivity index (χ2v) is 7.08. The lowest BCUT2D eigenvalue weighted by molar-refractivity contribution is -0.121. The number of carbonyl (C=O) groups excluding carboxylic acids is 1. The van der Waals surface area contributed by atoms with Gasteiger partial charge < -0.3 is 10.6 Å². The molecule has 0 bridgehead atoms. The van der Waals surface area contributed by atoms with E-state index in [9.17, 15) is 4.79 Å². The second kappa shape index (κ2) is 6.62. The average Bonchev–Trinajstić information content (AvgIpc) is 2.73. The zero-order valence-corrected chi connectivity index (χ0v) is 14.6. The molecule has 0 aliphatic carbocycles. The lowest BCUT2D eigenvalue weighted by Crippen LogP contribution is -2.49. The molecule has 0 aromatic heterocycles. The van der Waals surface area contributed by atoms with Crippen molar-refractivity contribution in [1.82, 2.24) is 5.32 Å². The van der Waals surface area contributed by atoms with Gasteiger partial charge in [0.25, 0.3) is 5.91 Å². The minimum absolute atomic E-state index is 0.0133. The first-order valence-electron chi connectivity index (χ1n) is 8.61. The molecule has 4 nitrogen and oxygen atoms in total. The van der Waals surface area contributed by atoms with Crippen LogP contribution < -0.4 is 10.6 Å². The number of nitrogens with zero attached hydrogens (tertiary/aromatic N) is 1. The van der Waals surface area contributed by atoms with Crippen LogP contribution in [0.3, 0.4) is 0 Å². The van der Waals surface area contributed by atoms with Gasteiger partial charge in [-0.15, -0.1) is 0 Å². The molecule has 0 atom stereocenters. The molecule has 2 aromatic carbocycles. The highest BCUT2D eigenvalue weighted by Crippen LogP contribution is 2.33. The summed E-state index contributed by atoms with van der Waals surface area (Å²) in [7, 11) is 0. The van der Waals surface area contributed by atoms with Crippen molar-refractivity contribution in [2.45, 2.75) is 24.8 Å². The number of piperidine rings is 1. The quantitative estimate of drug-likeness (QED) is 0.868. The Morgan fingerprint density at radius 1 is 1.08 bits per heavy atom. The predicted molar refractivity (Wildman–Crippen MR) is 102 cm³/mol. The van der Waals surface area contributed by atoms with Gasteiger partial charge in [-0.05, 0) is 49.7 Å². The summed E-state index contributed by atoms with van der Waals surface area (Å²) >= 11 is 6.23. The van der Waals surface area contributed by atoms with Crippen LogP contribution in [0.15, 0.2) is 53.5 Å². The number of carbonyl (C=O) groups is 1. The Morgan fingerprint density at radius 2 is 1.84 bits per heavy atom. The molecule has 0 radical (unpaired) electrons. The van der Waals surface area contributed by atoms with E-state index in [0.717, 1.165) is 30.1 Å². The maximum atomic E-state index is 13.0. The molecule has 4 rings (SSSR count). The first-order valence-corrected chi connectivity index (χ1v) is 8.99. The fraction of sp³-hybridized carbons (Fsp3) is 0.300. The molecular weight excluding hydrogens is 334 g/mol. The lowest BCUT2D eigenvalue weighted by atomic mass is 9.87. The third-order valence-corrected chi connectivity index (χ3v) is 5.19. The van der Waals surface area contributed by atoms with E-state index in [4.69, 9.17) is 16.6 Å². The van der Waals surface area contributed by atoms with E-state index in [0.29, 0.717) is 24.3 Å². The van der Waals surface area contributed by atoms with Gasteiger partial charge in [-0.25, -0.2) is 0 Å². The smallest absolute Gasteiger partial charge is 0.252 e. The normalized spacial score (nSPS) is 18.9. The van der Waals surface area contributed by atoms with Crippen molar-refractivity contribution in [3.05, 3.63) is 64.7 Å². The summed E-state index contributed by atoms with van der Waals surface area (Å²) < 4.78 is 0. The van der Waals surface area contributed by atoms with Crippen molar-refractivity contribution in [2.75, 3.05) is 18.4 Å². The van der Waals surface area contributed by atoms with E-state index in [1.165, 1.54) is 5.56 Å². The number of rotatable bonds is 2. The van der Waals surface area contributed by atoms with Crippen LogP contribution in [0.1, 0.15) is 24.0 Å². The van der Waals surface area contributed by atoms with Crippen molar-refractivity contribution >= 4 is 28.9 Å². The first kappa shape index (κ1) is 16.3. The van der Waals surface area contributed by atoms with Gasteiger partial charge in [-0.2, -0.15) is 0 Å². The molecule has 5 heteroatoms. The van der Waals surface area contributed by atoms with Gasteiger partial charge in [0.15, 0.2) is 0 Å². The number of fused-ring (bicyclic) bond motifs is 1. The van der Waals surface area contributed by atoms with Gasteiger partial charge in [0.1, 0.15) is 5.54 Å². The third-order valence-electron chi connectivity index (χ3n) is 4.96. The number of anilines is 1. The molecule has 0 unspecified atom stereocenters. The average molecular weight is 354 g/mol. The van der Waals surface area contributed by atoms with Crippen LogP contribution in [0, 0.1) is 0 Å².